The van der Waals surface area contributed by atoms with Crippen molar-refractivity contribution in [2.45, 2.75) is 0 Å². The van der Waals surface area contributed by atoms with Gasteiger partial charge in [0.05, 0.1) is 5.39 Å². The van der Waals surface area contributed by atoms with Crippen LogP contribution in [0.1, 0.15) is 0 Å². The molecule has 2 heterocycles. The van der Waals surface area contributed by atoms with E-state index in [1.54, 1.807) is 0 Å². The lowest BCUT2D eigenvalue weighted by Gasteiger charge is -2.18. The van der Waals surface area contributed by atoms with E-state index >= 15 is 0 Å². The lowest BCUT2D eigenvalue weighted by molar-refractivity contribution is 0.663. The fraction of sp³-hybridized carbons (Fsp3) is 0. The molecule has 232 valence electrons. The Labute approximate surface area is 287 Å². The van der Waals surface area contributed by atoms with Crippen LogP contribution in [0, 0.1) is 0 Å². The number of benzene rings is 9. The van der Waals surface area contributed by atoms with Crippen molar-refractivity contribution in [3.05, 3.63) is 170 Å². The summed E-state index contributed by atoms with van der Waals surface area (Å²) < 4.78 is 13.3. The number of furan rings is 2. The normalized spacial score (nSPS) is 12.0. The molecule has 0 radical (unpaired) electrons. The van der Waals surface area contributed by atoms with E-state index in [1.165, 1.54) is 49.2 Å². The molecule has 0 unspecified atom stereocenters. The summed E-state index contributed by atoms with van der Waals surface area (Å²) in [7, 11) is 0. The zero-order chi connectivity index (χ0) is 32.8. The van der Waals surface area contributed by atoms with Crippen LogP contribution in [-0.2, 0) is 0 Å². The molecular weight excluding hydrogens is 609 g/mol. The molecule has 0 bridgehead atoms. The number of fused-ring (bicyclic) bond motifs is 10. The van der Waals surface area contributed by atoms with Crippen LogP contribution in [0.5, 0.6) is 0 Å². The second-order valence-corrected chi connectivity index (χ2v) is 13.1. The highest BCUT2D eigenvalue weighted by molar-refractivity contribution is 6.28. The molecule has 0 N–H and O–H groups in total. The van der Waals surface area contributed by atoms with E-state index in [1.807, 2.05) is 12.1 Å². The Hall–Kier alpha value is -6.64. The van der Waals surface area contributed by atoms with Crippen molar-refractivity contribution in [3.63, 3.8) is 0 Å². The molecule has 0 aliphatic rings. The second-order valence-electron chi connectivity index (χ2n) is 13.1. The van der Waals surface area contributed by atoms with Crippen molar-refractivity contribution in [1.82, 2.24) is 0 Å². The summed E-state index contributed by atoms with van der Waals surface area (Å²) in [6.45, 7) is 0. The van der Waals surface area contributed by atoms with Crippen LogP contribution in [0.3, 0.4) is 0 Å². The van der Waals surface area contributed by atoms with E-state index in [0.29, 0.717) is 0 Å². The van der Waals surface area contributed by atoms with Crippen LogP contribution in [-0.4, -0.2) is 0 Å². The molecule has 0 saturated carbocycles. The predicted molar refractivity (Wildman–Crippen MR) is 210 cm³/mol. The van der Waals surface area contributed by atoms with E-state index in [2.05, 4.69) is 158 Å². The monoisotopic (exact) mass is 636 g/mol. The molecule has 0 aliphatic carbocycles. The number of hydrogen-bond acceptors (Lipinski definition) is 2. The first-order chi connectivity index (χ1) is 24.8. The van der Waals surface area contributed by atoms with E-state index in [9.17, 15) is 0 Å². The smallest absolute Gasteiger partial charge is 0.147 e. The molecule has 2 heteroatoms. The third kappa shape index (κ3) is 3.85. The summed E-state index contributed by atoms with van der Waals surface area (Å²) in [4.78, 5) is 0. The fourth-order valence-electron chi connectivity index (χ4n) is 8.35. The number of hydrogen-bond donors (Lipinski definition) is 0. The van der Waals surface area contributed by atoms with Gasteiger partial charge in [-0.05, 0) is 90.5 Å². The summed E-state index contributed by atoms with van der Waals surface area (Å²) in [5.41, 5.74) is 10.6. The van der Waals surface area contributed by atoms with Gasteiger partial charge in [-0.3, -0.25) is 0 Å². The summed E-state index contributed by atoms with van der Waals surface area (Å²) >= 11 is 0. The molecule has 0 amide bonds. The van der Waals surface area contributed by atoms with Gasteiger partial charge < -0.3 is 8.83 Å². The molecule has 0 aliphatic heterocycles. The minimum Gasteiger partial charge on any atom is -0.456 e. The van der Waals surface area contributed by atoms with Crippen molar-refractivity contribution in [3.8, 4) is 33.4 Å². The Morgan fingerprint density at radius 2 is 0.840 bits per heavy atom. The lowest BCUT2D eigenvalue weighted by atomic mass is 9.85. The summed E-state index contributed by atoms with van der Waals surface area (Å²) in [6.07, 6.45) is 0. The van der Waals surface area contributed by atoms with E-state index in [4.69, 9.17) is 8.83 Å². The Bertz CT molecular complexity index is 3080. The SMILES string of the molecule is c1ccc(-c2c3ccccc3c(-c3cccc(-c4c5ccccc5cc5oc6ccc7c8ccccc8oc7c6c45)c3)c3ccccc23)cc1. The molecule has 2 nitrogen and oxygen atoms in total. The largest absolute Gasteiger partial charge is 0.456 e. The summed E-state index contributed by atoms with van der Waals surface area (Å²) in [6, 6.07) is 60.8. The maximum absolute atomic E-state index is 6.65. The van der Waals surface area contributed by atoms with Gasteiger partial charge >= 0.3 is 0 Å². The van der Waals surface area contributed by atoms with Gasteiger partial charge in [0.25, 0.3) is 0 Å². The Kier molecular flexibility index (Phi) is 5.70. The predicted octanol–water partition coefficient (Wildman–Crippen LogP) is 13.9. The molecule has 2 aromatic heterocycles. The van der Waals surface area contributed by atoms with Gasteiger partial charge in [-0.2, -0.15) is 0 Å². The maximum atomic E-state index is 6.65. The van der Waals surface area contributed by atoms with Crippen LogP contribution in [0.4, 0.5) is 0 Å². The van der Waals surface area contributed by atoms with Gasteiger partial charge in [-0.15, -0.1) is 0 Å². The molecule has 0 saturated heterocycles. The van der Waals surface area contributed by atoms with Crippen LogP contribution in [0.25, 0.3) is 110 Å². The Morgan fingerprint density at radius 1 is 0.280 bits per heavy atom. The van der Waals surface area contributed by atoms with Gasteiger partial charge in [0.15, 0.2) is 0 Å². The third-order valence-corrected chi connectivity index (χ3v) is 10.4. The van der Waals surface area contributed by atoms with Gasteiger partial charge in [0, 0.05) is 21.7 Å². The molecule has 0 fully saturated rings. The van der Waals surface area contributed by atoms with E-state index in [-0.39, 0.29) is 0 Å². The molecule has 9 aromatic carbocycles. The van der Waals surface area contributed by atoms with E-state index in [0.717, 1.165) is 60.4 Å². The first-order valence-corrected chi connectivity index (χ1v) is 17.1. The number of rotatable bonds is 3. The molecular formula is C48H28O2. The number of para-hydroxylation sites is 1. The molecule has 11 rings (SSSR count). The summed E-state index contributed by atoms with van der Waals surface area (Å²) in [5.74, 6) is 0. The lowest BCUT2D eigenvalue weighted by Crippen LogP contribution is -1.91. The van der Waals surface area contributed by atoms with Crippen LogP contribution >= 0.6 is 0 Å². The zero-order valence-electron chi connectivity index (χ0n) is 27.0. The van der Waals surface area contributed by atoms with Crippen molar-refractivity contribution >= 4 is 76.2 Å². The van der Waals surface area contributed by atoms with Gasteiger partial charge in [0.2, 0.25) is 0 Å². The Balaban J connectivity index is 1.25. The van der Waals surface area contributed by atoms with Crippen molar-refractivity contribution in [1.29, 1.82) is 0 Å². The standard InChI is InChI=1S/C48H28O2/c1-2-13-29(14-3-1)43-35-20-6-8-22-37(35)44(38-23-9-7-21-36(38)43)31-16-12-17-32(27-31)45-33-18-5-4-15-30(33)28-42-46(45)47-41(49-42)26-25-39-34-19-10-11-24-40(34)50-48(39)47/h1-28H. The second kappa shape index (κ2) is 10.4. The first kappa shape index (κ1) is 27.3. The topological polar surface area (TPSA) is 26.3 Å². The zero-order valence-corrected chi connectivity index (χ0v) is 27.0. The van der Waals surface area contributed by atoms with Crippen molar-refractivity contribution in [2.24, 2.45) is 0 Å². The highest BCUT2D eigenvalue weighted by atomic mass is 16.3. The summed E-state index contributed by atoms with van der Waals surface area (Å²) in [5, 5.41) is 11.6. The Morgan fingerprint density at radius 3 is 1.56 bits per heavy atom. The van der Waals surface area contributed by atoms with Gasteiger partial charge in [0.1, 0.15) is 22.3 Å². The van der Waals surface area contributed by atoms with E-state index < -0.39 is 0 Å². The quantitative estimate of drug-likeness (QED) is 0.180. The van der Waals surface area contributed by atoms with Gasteiger partial charge in [-0.1, -0.05) is 140 Å². The van der Waals surface area contributed by atoms with Gasteiger partial charge in [-0.25, -0.2) is 0 Å². The minimum atomic E-state index is 0.827. The molecule has 0 spiro atoms. The van der Waals surface area contributed by atoms with Crippen molar-refractivity contribution in [2.75, 3.05) is 0 Å². The molecule has 11 aromatic rings. The third-order valence-electron chi connectivity index (χ3n) is 10.4. The average molecular weight is 637 g/mol. The maximum Gasteiger partial charge on any atom is 0.147 e. The highest BCUT2D eigenvalue weighted by Crippen LogP contribution is 2.48. The van der Waals surface area contributed by atoms with Crippen LogP contribution in [0.15, 0.2) is 179 Å². The minimum absolute atomic E-state index is 0.827. The van der Waals surface area contributed by atoms with Crippen molar-refractivity contribution < 1.29 is 8.83 Å². The highest BCUT2D eigenvalue weighted by Gasteiger charge is 2.22. The first-order valence-electron chi connectivity index (χ1n) is 17.1. The van der Waals surface area contributed by atoms with Crippen LogP contribution < -0.4 is 0 Å². The van der Waals surface area contributed by atoms with Crippen LogP contribution in [0.2, 0.25) is 0 Å². The average Bonchev–Trinajstić information content (AvgIpc) is 3.74. The molecule has 50 heavy (non-hydrogen) atoms. The fourth-order valence-corrected chi connectivity index (χ4v) is 8.35. The molecule has 0 atom stereocenters.